The number of benzene rings is 1. The van der Waals surface area contributed by atoms with Crippen molar-refractivity contribution in [3.05, 3.63) is 42.0 Å². The highest BCUT2D eigenvalue weighted by molar-refractivity contribution is 5.90. The number of esters is 1. The molecule has 98 valence electrons. The number of methoxy groups -OCH3 is 1. The molecule has 4 heteroatoms. The van der Waals surface area contributed by atoms with E-state index in [-0.39, 0.29) is 12.0 Å². The summed E-state index contributed by atoms with van der Waals surface area (Å²) < 4.78 is 4.74. The Balaban J connectivity index is 2.20. The third kappa shape index (κ3) is 2.60. The Morgan fingerprint density at radius 2 is 2.16 bits per heavy atom. The molecule has 19 heavy (non-hydrogen) atoms. The lowest BCUT2D eigenvalue weighted by Gasteiger charge is -2.27. The zero-order valence-electron chi connectivity index (χ0n) is 10.9. The maximum absolute atomic E-state index is 11.6. The number of rotatable bonds is 3. The zero-order chi connectivity index (χ0) is 13.8. The molecule has 0 aliphatic carbocycles. The van der Waals surface area contributed by atoms with Crippen molar-refractivity contribution in [2.24, 2.45) is 0 Å². The molecule has 0 spiro atoms. The smallest absolute Gasteiger partial charge is 0.335 e. The van der Waals surface area contributed by atoms with Crippen molar-refractivity contribution < 1.29 is 9.53 Å². The number of nitrogens with zero attached hydrogens (tertiary/aromatic N) is 2. The summed E-state index contributed by atoms with van der Waals surface area (Å²) in [7, 11) is 1.37. The van der Waals surface area contributed by atoms with Crippen LogP contribution in [-0.4, -0.2) is 25.7 Å². The lowest BCUT2D eigenvalue weighted by atomic mass is 10.1. The van der Waals surface area contributed by atoms with Gasteiger partial charge in [0.15, 0.2) is 0 Å². The largest absolute Gasteiger partial charge is 0.466 e. The minimum absolute atomic E-state index is 0.0135. The standard InChI is InChI=1S/C15H16N2O2/c1-11(15(18)19-2)14-4-3-9-17(14)13-7-5-12(10-16)6-8-13/h5-8,14H,1,3-4,9H2,2H3. The summed E-state index contributed by atoms with van der Waals surface area (Å²) in [5, 5.41) is 8.80. The molecule has 1 aromatic rings. The second-order valence-corrected chi connectivity index (χ2v) is 4.53. The van der Waals surface area contributed by atoms with Gasteiger partial charge in [-0.15, -0.1) is 0 Å². The molecule has 0 saturated carbocycles. The minimum Gasteiger partial charge on any atom is -0.466 e. The fourth-order valence-corrected chi connectivity index (χ4v) is 2.43. The first-order valence-electron chi connectivity index (χ1n) is 6.21. The molecule has 4 nitrogen and oxygen atoms in total. The highest BCUT2D eigenvalue weighted by Crippen LogP contribution is 2.29. The van der Waals surface area contributed by atoms with Gasteiger partial charge in [-0.3, -0.25) is 0 Å². The molecule has 0 aromatic heterocycles. The van der Waals surface area contributed by atoms with Crippen LogP contribution in [-0.2, 0) is 9.53 Å². The van der Waals surface area contributed by atoms with Crippen LogP contribution in [0.25, 0.3) is 0 Å². The number of carbonyl (C=O) groups excluding carboxylic acids is 1. The van der Waals surface area contributed by atoms with Gasteiger partial charge in [-0.2, -0.15) is 5.26 Å². The molecule has 0 N–H and O–H groups in total. The van der Waals surface area contributed by atoms with Gasteiger partial charge in [0.1, 0.15) is 0 Å². The van der Waals surface area contributed by atoms with Crippen LogP contribution < -0.4 is 4.90 Å². The topological polar surface area (TPSA) is 53.3 Å². The monoisotopic (exact) mass is 256 g/mol. The molecule has 0 amide bonds. The number of nitriles is 1. The Bertz CT molecular complexity index is 528. The predicted octanol–water partition coefficient (Wildman–Crippen LogP) is 2.26. The van der Waals surface area contributed by atoms with Gasteiger partial charge >= 0.3 is 5.97 Å². The summed E-state index contributed by atoms with van der Waals surface area (Å²) in [6.07, 6.45) is 1.91. The third-order valence-electron chi connectivity index (χ3n) is 3.43. The fourth-order valence-electron chi connectivity index (χ4n) is 2.43. The molecule has 0 radical (unpaired) electrons. The van der Waals surface area contributed by atoms with E-state index in [1.54, 1.807) is 12.1 Å². The highest BCUT2D eigenvalue weighted by atomic mass is 16.5. The van der Waals surface area contributed by atoms with Gasteiger partial charge in [-0.05, 0) is 37.1 Å². The maximum atomic E-state index is 11.6. The van der Waals surface area contributed by atoms with Gasteiger partial charge in [-0.25, -0.2) is 4.79 Å². The van der Waals surface area contributed by atoms with E-state index in [4.69, 9.17) is 10.00 Å². The van der Waals surface area contributed by atoms with Crippen LogP contribution in [0.1, 0.15) is 18.4 Å². The Hall–Kier alpha value is -2.28. The van der Waals surface area contributed by atoms with Crippen LogP contribution in [0.4, 0.5) is 5.69 Å². The van der Waals surface area contributed by atoms with Crippen LogP contribution in [0.2, 0.25) is 0 Å². The first kappa shape index (κ1) is 13.2. The average molecular weight is 256 g/mol. The number of ether oxygens (including phenoxy) is 1. The summed E-state index contributed by atoms with van der Waals surface area (Å²) in [5.41, 5.74) is 2.13. The van der Waals surface area contributed by atoms with Crippen molar-refractivity contribution in [1.82, 2.24) is 0 Å². The van der Waals surface area contributed by atoms with Crippen LogP contribution in [0.3, 0.4) is 0 Å². The second-order valence-electron chi connectivity index (χ2n) is 4.53. The van der Waals surface area contributed by atoms with Gasteiger partial charge in [0.2, 0.25) is 0 Å². The Morgan fingerprint density at radius 1 is 1.47 bits per heavy atom. The van der Waals surface area contributed by atoms with Crippen molar-refractivity contribution in [2.75, 3.05) is 18.6 Å². The lowest BCUT2D eigenvalue weighted by Crippen LogP contribution is -2.33. The normalized spacial score (nSPS) is 17.9. The molecule has 1 aliphatic heterocycles. The molecule has 1 saturated heterocycles. The summed E-state index contributed by atoms with van der Waals surface area (Å²) in [6, 6.07) is 9.46. The van der Waals surface area contributed by atoms with E-state index < -0.39 is 0 Å². The first-order valence-corrected chi connectivity index (χ1v) is 6.21. The molecule has 0 bridgehead atoms. The number of hydrogen-bond donors (Lipinski definition) is 0. The molecule has 1 aliphatic rings. The van der Waals surface area contributed by atoms with Crippen LogP contribution in [0, 0.1) is 11.3 Å². The van der Waals surface area contributed by atoms with E-state index in [9.17, 15) is 4.79 Å². The third-order valence-corrected chi connectivity index (χ3v) is 3.43. The molecule has 2 rings (SSSR count). The molecule has 1 atom stereocenters. The van der Waals surface area contributed by atoms with E-state index in [1.165, 1.54) is 7.11 Å². The number of anilines is 1. The van der Waals surface area contributed by atoms with Crippen molar-refractivity contribution in [3.8, 4) is 6.07 Å². The van der Waals surface area contributed by atoms with E-state index >= 15 is 0 Å². The quantitative estimate of drug-likeness (QED) is 0.615. The number of carbonyl (C=O) groups is 1. The lowest BCUT2D eigenvalue weighted by molar-refractivity contribution is -0.136. The summed E-state index contributed by atoms with van der Waals surface area (Å²) >= 11 is 0. The van der Waals surface area contributed by atoms with Crippen LogP contribution in [0.15, 0.2) is 36.4 Å². The van der Waals surface area contributed by atoms with Gasteiger partial charge < -0.3 is 9.64 Å². The Labute approximate surface area is 112 Å². The predicted molar refractivity (Wildman–Crippen MR) is 72.7 cm³/mol. The minimum atomic E-state index is -0.356. The zero-order valence-corrected chi connectivity index (χ0v) is 10.9. The van der Waals surface area contributed by atoms with Crippen LogP contribution in [0.5, 0.6) is 0 Å². The second kappa shape index (κ2) is 5.57. The SMILES string of the molecule is C=C(C(=O)OC)C1CCCN1c1ccc(C#N)cc1. The van der Waals surface area contributed by atoms with Crippen molar-refractivity contribution >= 4 is 11.7 Å². The van der Waals surface area contributed by atoms with Crippen molar-refractivity contribution in [1.29, 1.82) is 5.26 Å². The fraction of sp³-hybridized carbons (Fsp3) is 0.333. The van der Waals surface area contributed by atoms with E-state index in [2.05, 4.69) is 17.5 Å². The first-order chi connectivity index (χ1) is 9.17. The molecular weight excluding hydrogens is 240 g/mol. The highest BCUT2D eigenvalue weighted by Gasteiger charge is 2.30. The van der Waals surface area contributed by atoms with E-state index in [0.717, 1.165) is 25.1 Å². The van der Waals surface area contributed by atoms with Crippen molar-refractivity contribution in [2.45, 2.75) is 18.9 Å². The van der Waals surface area contributed by atoms with E-state index in [0.29, 0.717) is 11.1 Å². The molecule has 1 unspecified atom stereocenters. The van der Waals surface area contributed by atoms with Crippen molar-refractivity contribution in [3.63, 3.8) is 0 Å². The number of hydrogen-bond acceptors (Lipinski definition) is 4. The van der Waals surface area contributed by atoms with Crippen LogP contribution >= 0.6 is 0 Å². The van der Waals surface area contributed by atoms with Gasteiger partial charge in [-0.1, -0.05) is 6.58 Å². The molecule has 1 aromatic carbocycles. The maximum Gasteiger partial charge on any atom is 0.335 e. The molecule has 1 heterocycles. The van der Waals surface area contributed by atoms with Gasteiger partial charge in [0, 0.05) is 12.2 Å². The summed E-state index contributed by atoms with van der Waals surface area (Å²) in [6.45, 7) is 4.73. The van der Waals surface area contributed by atoms with E-state index in [1.807, 2.05) is 12.1 Å². The average Bonchev–Trinajstić information content (AvgIpc) is 2.95. The Morgan fingerprint density at radius 3 is 2.74 bits per heavy atom. The Kier molecular flexibility index (Phi) is 3.86. The molecule has 1 fully saturated rings. The summed E-state index contributed by atoms with van der Waals surface area (Å²) in [5.74, 6) is -0.356. The molecular formula is C15H16N2O2. The summed E-state index contributed by atoms with van der Waals surface area (Å²) in [4.78, 5) is 13.7. The van der Waals surface area contributed by atoms with Gasteiger partial charge in [0.05, 0.1) is 30.4 Å². The van der Waals surface area contributed by atoms with Gasteiger partial charge in [0.25, 0.3) is 0 Å².